The molecule has 1 heterocycles. The van der Waals surface area contributed by atoms with Crippen molar-refractivity contribution in [1.82, 2.24) is 0 Å². The van der Waals surface area contributed by atoms with Crippen molar-refractivity contribution in [1.29, 1.82) is 0 Å². The molecule has 3 heteroatoms. The van der Waals surface area contributed by atoms with Crippen molar-refractivity contribution in [2.75, 3.05) is 13.2 Å². The van der Waals surface area contributed by atoms with E-state index < -0.39 is 0 Å². The van der Waals surface area contributed by atoms with Crippen molar-refractivity contribution in [2.45, 2.75) is 12.5 Å². The van der Waals surface area contributed by atoms with Gasteiger partial charge in [0.1, 0.15) is 0 Å². The molecule has 0 spiro atoms. The lowest BCUT2D eigenvalue weighted by Crippen LogP contribution is -2.35. The predicted octanol–water partition coefficient (Wildman–Crippen LogP) is 1.51. The minimum absolute atomic E-state index is 0.0125. The lowest BCUT2D eigenvalue weighted by molar-refractivity contribution is -0.0496. The van der Waals surface area contributed by atoms with Crippen LogP contribution in [0.15, 0.2) is 30.3 Å². The number of rotatable bonds is 2. The van der Waals surface area contributed by atoms with Crippen LogP contribution < -0.4 is 0 Å². The number of Topliss-reactive ketones (excluding diaryl/α,β-unsaturated/α-hetero) is 1. The third kappa shape index (κ3) is 1.79. The molecule has 17 heavy (non-hydrogen) atoms. The summed E-state index contributed by atoms with van der Waals surface area (Å²) in [5.41, 5.74) is 0.747. The van der Waals surface area contributed by atoms with Gasteiger partial charge in [-0.25, -0.2) is 0 Å². The molecule has 0 amide bonds. The maximum Gasteiger partial charge on any atom is 0.166 e. The molecule has 1 saturated carbocycles. The molecule has 4 atom stereocenters. The highest BCUT2D eigenvalue weighted by Gasteiger charge is 2.48. The molecule has 1 aromatic carbocycles. The van der Waals surface area contributed by atoms with E-state index in [0.29, 0.717) is 13.2 Å². The molecule has 0 aromatic heterocycles. The highest BCUT2D eigenvalue weighted by Crippen LogP contribution is 2.41. The van der Waals surface area contributed by atoms with Crippen molar-refractivity contribution in [3.05, 3.63) is 35.9 Å². The van der Waals surface area contributed by atoms with E-state index in [9.17, 15) is 9.90 Å². The average Bonchev–Trinajstić information content (AvgIpc) is 2.57. The predicted molar refractivity (Wildman–Crippen MR) is 62.7 cm³/mol. The van der Waals surface area contributed by atoms with Gasteiger partial charge in [0.25, 0.3) is 0 Å². The molecule has 90 valence electrons. The van der Waals surface area contributed by atoms with Crippen LogP contribution in [0.1, 0.15) is 16.8 Å². The first-order valence-electron chi connectivity index (χ1n) is 6.12. The monoisotopic (exact) mass is 232 g/mol. The molecule has 1 aromatic rings. The van der Waals surface area contributed by atoms with Crippen molar-refractivity contribution < 1.29 is 14.6 Å². The van der Waals surface area contributed by atoms with Gasteiger partial charge in [-0.2, -0.15) is 0 Å². The van der Waals surface area contributed by atoms with Crippen LogP contribution in [-0.2, 0) is 4.74 Å². The Labute approximate surface area is 100 Å². The minimum Gasteiger partial charge on any atom is -0.392 e. The number of carbonyl (C=O) groups excluding carboxylic acids is 1. The first-order chi connectivity index (χ1) is 8.27. The van der Waals surface area contributed by atoms with E-state index in [2.05, 4.69) is 0 Å². The Morgan fingerprint density at radius 3 is 2.71 bits per heavy atom. The van der Waals surface area contributed by atoms with Gasteiger partial charge in [0, 0.05) is 23.3 Å². The molecule has 0 radical (unpaired) electrons. The van der Waals surface area contributed by atoms with E-state index in [0.717, 1.165) is 12.0 Å². The first-order valence-corrected chi connectivity index (χ1v) is 6.12. The van der Waals surface area contributed by atoms with Gasteiger partial charge in [-0.15, -0.1) is 0 Å². The summed E-state index contributed by atoms with van der Waals surface area (Å²) in [5, 5.41) is 10.0. The third-order valence-electron chi connectivity index (χ3n) is 4.03. The van der Waals surface area contributed by atoms with Crippen LogP contribution in [0.5, 0.6) is 0 Å². The van der Waals surface area contributed by atoms with E-state index in [1.165, 1.54) is 0 Å². The summed E-state index contributed by atoms with van der Waals surface area (Å²) in [7, 11) is 0. The van der Waals surface area contributed by atoms with Crippen molar-refractivity contribution >= 4 is 5.78 Å². The number of fused-ring (bicyclic) bond motifs is 2. The van der Waals surface area contributed by atoms with Gasteiger partial charge in [-0.1, -0.05) is 30.3 Å². The Balaban J connectivity index is 1.84. The highest BCUT2D eigenvalue weighted by molar-refractivity contribution is 5.98. The Morgan fingerprint density at radius 1 is 1.24 bits per heavy atom. The normalized spacial score (nSPS) is 35.8. The summed E-state index contributed by atoms with van der Waals surface area (Å²) < 4.78 is 5.43. The van der Waals surface area contributed by atoms with Gasteiger partial charge in [-0.3, -0.25) is 4.79 Å². The van der Waals surface area contributed by atoms with Crippen LogP contribution in [0.2, 0.25) is 0 Å². The minimum atomic E-state index is -0.360. The largest absolute Gasteiger partial charge is 0.392 e. The number of aliphatic hydroxyl groups excluding tert-OH is 1. The summed E-state index contributed by atoms with van der Waals surface area (Å²) in [6.07, 6.45) is 0.404. The molecule has 1 saturated heterocycles. The van der Waals surface area contributed by atoms with Gasteiger partial charge in [0.15, 0.2) is 5.78 Å². The van der Waals surface area contributed by atoms with E-state index in [1.54, 1.807) is 0 Å². The zero-order chi connectivity index (χ0) is 11.8. The zero-order valence-corrected chi connectivity index (χ0v) is 9.58. The molecular formula is C14H16O3. The third-order valence-corrected chi connectivity index (χ3v) is 4.03. The van der Waals surface area contributed by atoms with E-state index in [-0.39, 0.29) is 29.6 Å². The number of ether oxygens (including phenoxy) is 1. The first kappa shape index (κ1) is 10.9. The van der Waals surface area contributed by atoms with Gasteiger partial charge < -0.3 is 9.84 Å². The Morgan fingerprint density at radius 2 is 2.00 bits per heavy atom. The van der Waals surface area contributed by atoms with Crippen molar-refractivity contribution in [3.8, 4) is 0 Å². The summed E-state index contributed by atoms with van der Waals surface area (Å²) in [6, 6.07) is 9.35. The van der Waals surface area contributed by atoms with Gasteiger partial charge in [-0.05, 0) is 6.42 Å². The van der Waals surface area contributed by atoms with Crippen molar-refractivity contribution in [3.63, 3.8) is 0 Å². The lowest BCUT2D eigenvalue weighted by Gasteiger charge is -2.26. The molecule has 1 aliphatic carbocycles. The summed E-state index contributed by atoms with van der Waals surface area (Å²) >= 11 is 0. The van der Waals surface area contributed by atoms with Crippen LogP contribution >= 0.6 is 0 Å². The van der Waals surface area contributed by atoms with Crippen LogP contribution in [0, 0.1) is 17.8 Å². The van der Waals surface area contributed by atoms with Gasteiger partial charge in [0.2, 0.25) is 0 Å². The maximum absolute atomic E-state index is 12.4. The Kier molecular flexibility index (Phi) is 2.73. The second-order valence-electron chi connectivity index (χ2n) is 5.02. The quantitative estimate of drug-likeness (QED) is 0.786. The SMILES string of the molecule is O=C(c1ccccc1)C1CC2COCC1C2O. The van der Waals surface area contributed by atoms with Gasteiger partial charge in [0.05, 0.1) is 19.3 Å². The number of benzene rings is 1. The Hall–Kier alpha value is -1.19. The van der Waals surface area contributed by atoms with Crippen molar-refractivity contribution in [2.24, 2.45) is 17.8 Å². The summed E-state index contributed by atoms with van der Waals surface area (Å²) in [4.78, 5) is 12.4. The molecule has 1 N–H and O–H groups in total. The smallest absolute Gasteiger partial charge is 0.166 e. The summed E-state index contributed by atoms with van der Waals surface area (Å²) in [6.45, 7) is 1.11. The fourth-order valence-corrected chi connectivity index (χ4v) is 3.08. The van der Waals surface area contributed by atoms with E-state index >= 15 is 0 Å². The average molecular weight is 232 g/mol. The van der Waals surface area contributed by atoms with E-state index in [4.69, 9.17) is 4.74 Å². The molecular weight excluding hydrogens is 216 g/mol. The fraction of sp³-hybridized carbons (Fsp3) is 0.500. The number of ketones is 1. The van der Waals surface area contributed by atoms with E-state index in [1.807, 2.05) is 30.3 Å². The Bertz CT molecular complexity index is 415. The molecule has 2 bridgehead atoms. The molecule has 1 aliphatic heterocycles. The highest BCUT2D eigenvalue weighted by atomic mass is 16.5. The summed E-state index contributed by atoms with van der Waals surface area (Å²) in [5.74, 6) is 0.218. The molecule has 2 aliphatic rings. The van der Waals surface area contributed by atoms with Crippen LogP contribution in [-0.4, -0.2) is 30.2 Å². The number of hydrogen-bond acceptors (Lipinski definition) is 3. The standard InChI is InChI=1S/C14H16O3/c15-13(9-4-2-1-3-5-9)11-6-10-7-17-8-12(11)14(10)16/h1-5,10-12,14,16H,6-8H2. The maximum atomic E-state index is 12.4. The molecule has 4 unspecified atom stereocenters. The number of carbonyl (C=O) groups is 1. The molecule has 3 nitrogen and oxygen atoms in total. The second-order valence-corrected chi connectivity index (χ2v) is 5.02. The van der Waals surface area contributed by atoms with Crippen LogP contribution in [0.3, 0.4) is 0 Å². The second kappa shape index (κ2) is 4.24. The molecule has 3 rings (SSSR count). The topological polar surface area (TPSA) is 46.5 Å². The molecule has 2 fully saturated rings. The van der Waals surface area contributed by atoms with Crippen LogP contribution in [0.4, 0.5) is 0 Å². The van der Waals surface area contributed by atoms with Crippen LogP contribution in [0.25, 0.3) is 0 Å². The fourth-order valence-electron chi connectivity index (χ4n) is 3.08. The van der Waals surface area contributed by atoms with Gasteiger partial charge >= 0.3 is 0 Å². The lowest BCUT2D eigenvalue weighted by atomic mass is 9.88. The number of hydrogen-bond donors (Lipinski definition) is 1. The number of aliphatic hydroxyl groups is 1. The zero-order valence-electron chi connectivity index (χ0n) is 9.58.